The van der Waals surface area contributed by atoms with Gasteiger partial charge in [-0.1, -0.05) is 12.1 Å². The van der Waals surface area contributed by atoms with Crippen LogP contribution in [0.2, 0.25) is 0 Å². The highest BCUT2D eigenvalue weighted by molar-refractivity contribution is 7.89. The van der Waals surface area contributed by atoms with E-state index < -0.39 is 10.0 Å². The van der Waals surface area contributed by atoms with Crippen LogP contribution in [0, 0.1) is 0 Å². The number of β-amino-alcohol motifs (C(OH)–C–C–N with tert-alkyl or cyclic N) is 1. The van der Waals surface area contributed by atoms with Crippen molar-refractivity contribution in [3.63, 3.8) is 0 Å². The number of hydrogen-bond donors (Lipinski definition) is 2. The molecule has 0 saturated carbocycles. The van der Waals surface area contributed by atoms with Gasteiger partial charge in [-0.2, -0.15) is 4.31 Å². The van der Waals surface area contributed by atoms with E-state index in [4.69, 9.17) is 5.11 Å². The van der Waals surface area contributed by atoms with E-state index in [1.54, 1.807) is 12.1 Å². The Hall–Kier alpha value is -1.15. The number of nitrogens with zero attached hydrogens (tertiary/aromatic N) is 2. The first-order valence-electron chi connectivity index (χ1n) is 6.17. The number of hydrogen-bond acceptors (Lipinski definition) is 5. The summed E-state index contributed by atoms with van der Waals surface area (Å²) >= 11 is 0. The molecule has 0 amide bonds. The van der Waals surface area contributed by atoms with Gasteiger partial charge < -0.3 is 10.2 Å². The molecule has 1 heterocycles. The van der Waals surface area contributed by atoms with Crippen molar-refractivity contribution in [3.8, 4) is 5.75 Å². The van der Waals surface area contributed by atoms with Crippen LogP contribution < -0.4 is 0 Å². The molecular weight excluding hydrogens is 268 g/mol. The van der Waals surface area contributed by atoms with E-state index >= 15 is 0 Å². The third-order valence-corrected chi connectivity index (χ3v) is 5.18. The van der Waals surface area contributed by atoms with E-state index in [0.717, 1.165) is 0 Å². The highest BCUT2D eigenvalue weighted by Gasteiger charge is 2.29. The maximum absolute atomic E-state index is 12.4. The van der Waals surface area contributed by atoms with Crippen LogP contribution in [0.1, 0.15) is 0 Å². The van der Waals surface area contributed by atoms with Crippen molar-refractivity contribution < 1.29 is 18.6 Å². The Bertz CT molecular complexity index is 524. The molecular formula is C12H18N2O4S. The topological polar surface area (TPSA) is 81.1 Å². The average molecular weight is 286 g/mol. The molecule has 6 nitrogen and oxygen atoms in total. The maximum Gasteiger partial charge on any atom is 0.246 e. The van der Waals surface area contributed by atoms with Crippen molar-refractivity contribution in [1.29, 1.82) is 0 Å². The largest absolute Gasteiger partial charge is 0.507 e. The quantitative estimate of drug-likeness (QED) is 0.793. The summed E-state index contributed by atoms with van der Waals surface area (Å²) in [6.07, 6.45) is 0. The van der Waals surface area contributed by atoms with Gasteiger partial charge in [-0.05, 0) is 12.1 Å². The molecule has 1 saturated heterocycles. The van der Waals surface area contributed by atoms with E-state index in [-0.39, 0.29) is 17.3 Å². The van der Waals surface area contributed by atoms with Crippen molar-refractivity contribution >= 4 is 10.0 Å². The first-order chi connectivity index (χ1) is 9.05. The van der Waals surface area contributed by atoms with Crippen LogP contribution >= 0.6 is 0 Å². The van der Waals surface area contributed by atoms with Crippen LogP contribution in [-0.2, 0) is 10.0 Å². The van der Waals surface area contributed by atoms with Crippen molar-refractivity contribution in [2.24, 2.45) is 0 Å². The molecule has 0 aromatic heterocycles. The molecule has 1 aliphatic heterocycles. The van der Waals surface area contributed by atoms with Crippen LogP contribution in [0.25, 0.3) is 0 Å². The molecule has 2 N–H and O–H groups in total. The minimum absolute atomic E-state index is 0.0504. The van der Waals surface area contributed by atoms with E-state index in [1.165, 1.54) is 16.4 Å². The molecule has 0 spiro atoms. The predicted molar refractivity (Wildman–Crippen MR) is 70.4 cm³/mol. The number of para-hydroxylation sites is 1. The summed E-state index contributed by atoms with van der Waals surface area (Å²) in [4.78, 5) is 1.96. The second kappa shape index (κ2) is 5.87. The molecule has 0 radical (unpaired) electrons. The number of phenols is 1. The van der Waals surface area contributed by atoms with Gasteiger partial charge in [0.05, 0.1) is 6.61 Å². The monoisotopic (exact) mass is 286 g/mol. The fraction of sp³-hybridized carbons (Fsp3) is 0.500. The number of benzene rings is 1. The van der Waals surface area contributed by atoms with E-state index in [1.807, 2.05) is 4.90 Å². The van der Waals surface area contributed by atoms with Gasteiger partial charge >= 0.3 is 0 Å². The lowest BCUT2D eigenvalue weighted by Gasteiger charge is -2.33. The summed E-state index contributed by atoms with van der Waals surface area (Å²) in [6, 6.07) is 5.96. The summed E-state index contributed by atoms with van der Waals surface area (Å²) < 4.78 is 26.1. The Morgan fingerprint density at radius 3 is 2.32 bits per heavy atom. The van der Waals surface area contributed by atoms with Crippen LogP contribution in [0.15, 0.2) is 29.2 Å². The fourth-order valence-electron chi connectivity index (χ4n) is 2.15. The van der Waals surface area contributed by atoms with Gasteiger partial charge in [0, 0.05) is 32.7 Å². The van der Waals surface area contributed by atoms with E-state index in [0.29, 0.717) is 32.7 Å². The fourth-order valence-corrected chi connectivity index (χ4v) is 3.65. The Labute approximate surface area is 112 Å². The van der Waals surface area contributed by atoms with Gasteiger partial charge in [-0.3, -0.25) is 4.90 Å². The predicted octanol–water partition coefficient (Wildman–Crippen LogP) is -0.309. The second-order valence-electron chi connectivity index (χ2n) is 4.44. The van der Waals surface area contributed by atoms with Crippen molar-refractivity contribution in [2.75, 3.05) is 39.3 Å². The number of phenolic OH excluding ortho intramolecular Hbond substituents is 1. The van der Waals surface area contributed by atoms with Crippen LogP contribution in [-0.4, -0.2) is 67.2 Å². The molecule has 7 heteroatoms. The van der Waals surface area contributed by atoms with Crippen molar-refractivity contribution in [1.82, 2.24) is 9.21 Å². The lowest BCUT2D eigenvalue weighted by Crippen LogP contribution is -2.49. The second-order valence-corrected chi connectivity index (χ2v) is 6.34. The number of sulfonamides is 1. The first kappa shape index (κ1) is 14.3. The Kier molecular flexibility index (Phi) is 4.41. The van der Waals surface area contributed by atoms with Crippen molar-refractivity contribution in [2.45, 2.75) is 4.90 Å². The third-order valence-electron chi connectivity index (χ3n) is 3.23. The Morgan fingerprint density at radius 1 is 1.11 bits per heavy atom. The minimum atomic E-state index is -3.64. The van der Waals surface area contributed by atoms with Gasteiger partial charge in [0.25, 0.3) is 0 Å². The average Bonchev–Trinajstić information content (AvgIpc) is 2.40. The molecule has 1 aromatic carbocycles. The number of piperazine rings is 1. The van der Waals surface area contributed by atoms with Gasteiger partial charge in [-0.25, -0.2) is 8.42 Å². The number of aromatic hydroxyl groups is 1. The maximum atomic E-state index is 12.4. The van der Waals surface area contributed by atoms with Crippen LogP contribution in [0.4, 0.5) is 0 Å². The lowest BCUT2D eigenvalue weighted by atomic mass is 10.3. The molecule has 0 aliphatic carbocycles. The zero-order chi connectivity index (χ0) is 13.9. The van der Waals surface area contributed by atoms with E-state index in [9.17, 15) is 13.5 Å². The summed E-state index contributed by atoms with van der Waals surface area (Å²) in [5.41, 5.74) is 0. The minimum Gasteiger partial charge on any atom is -0.507 e. The summed E-state index contributed by atoms with van der Waals surface area (Å²) in [6.45, 7) is 2.56. The van der Waals surface area contributed by atoms with Gasteiger partial charge in [0.2, 0.25) is 10.0 Å². The first-order valence-corrected chi connectivity index (χ1v) is 7.61. The van der Waals surface area contributed by atoms with E-state index in [2.05, 4.69) is 0 Å². The zero-order valence-corrected chi connectivity index (χ0v) is 11.4. The molecule has 1 aromatic rings. The smallest absolute Gasteiger partial charge is 0.246 e. The SMILES string of the molecule is O=S(=O)(c1ccccc1O)N1CCN(CCO)CC1. The zero-order valence-electron chi connectivity index (χ0n) is 10.6. The van der Waals surface area contributed by atoms with Crippen molar-refractivity contribution in [3.05, 3.63) is 24.3 Å². The van der Waals surface area contributed by atoms with Gasteiger partial charge in [-0.15, -0.1) is 0 Å². The van der Waals surface area contributed by atoms with Crippen LogP contribution in [0.5, 0.6) is 5.75 Å². The molecule has 1 fully saturated rings. The molecule has 19 heavy (non-hydrogen) atoms. The Balaban J connectivity index is 2.12. The summed E-state index contributed by atoms with van der Waals surface area (Å²) in [5, 5.41) is 18.5. The normalized spacial score (nSPS) is 18.6. The van der Waals surface area contributed by atoms with Crippen LogP contribution in [0.3, 0.4) is 0 Å². The third kappa shape index (κ3) is 3.06. The highest BCUT2D eigenvalue weighted by Crippen LogP contribution is 2.25. The number of aliphatic hydroxyl groups excluding tert-OH is 1. The summed E-state index contributed by atoms with van der Waals surface area (Å²) in [5.74, 6) is -0.222. The standard InChI is InChI=1S/C12H18N2O4S/c15-10-9-13-5-7-14(8-6-13)19(17,18)12-4-2-1-3-11(12)16/h1-4,15-16H,5-10H2. The number of aliphatic hydroxyl groups is 1. The molecule has 0 atom stereocenters. The molecule has 0 bridgehead atoms. The summed E-state index contributed by atoms with van der Waals surface area (Å²) in [7, 11) is -3.64. The molecule has 1 aliphatic rings. The molecule has 106 valence electrons. The van der Waals surface area contributed by atoms with Gasteiger partial charge in [0.15, 0.2) is 0 Å². The highest BCUT2D eigenvalue weighted by atomic mass is 32.2. The molecule has 0 unspecified atom stereocenters. The Morgan fingerprint density at radius 2 is 1.74 bits per heavy atom. The van der Waals surface area contributed by atoms with Gasteiger partial charge in [0.1, 0.15) is 10.6 Å². The lowest BCUT2D eigenvalue weighted by molar-refractivity contribution is 0.151. The number of rotatable bonds is 4. The molecule has 2 rings (SSSR count).